The molecule has 1 aliphatic heterocycles. The number of methoxy groups -OCH3 is 1. The van der Waals surface area contributed by atoms with Gasteiger partial charge in [0.05, 0.1) is 18.0 Å². The van der Waals surface area contributed by atoms with E-state index in [0.717, 1.165) is 5.01 Å². The largest absolute Gasteiger partial charge is 0.469 e. The molecule has 1 aromatic rings. The van der Waals surface area contributed by atoms with Gasteiger partial charge in [0.1, 0.15) is 5.69 Å². The van der Waals surface area contributed by atoms with Gasteiger partial charge in [-0.3, -0.25) is 9.59 Å². The fourth-order valence-corrected chi connectivity index (χ4v) is 2.80. The molecule has 1 aromatic heterocycles. The minimum atomic E-state index is -0.243. The highest BCUT2D eigenvalue weighted by Gasteiger charge is 2.38. The lowest BCUT2D eigenvalue weighted by Crippen LogP contribution is -2.30. The molecule has 1 saturated heterocycles. The molecule has 5 nitrogen and oxygen atoms in total. The Morgan fingerprint density at radius 1 is 1.50 bits per heavy atom. The molecule has 2 heterocycles. The SMILES string of the molecule is COC(=O)C1CN(C(=O)c2csc(C)n2)CC1C. The molecular formula is C12H16N2O3S. The molecule has 98 valence electrons. The van der Waals surface area contributed by atoms with Crippen molar-refractivity contribution in [1.82, 2.24) is 9.88 Å². The van der Waals surface area contributed by atoms with Crippen molar-refractivity contribution in [2.45, 2.75) is 13.8 Å². The van der Waals surface area contributed by atoms with Crippen LogP contribution >= 0.6 is 11.3 Å². The summed E-state index contributed by atoms with van der Waals surface area (Å²) in [6.45, 7) is 4.82. The van der Waals surface area contributed by atoms with Gasteiger partial charge in [-0.15, -0.1) is 11.3 Å². The maximum Gasteiger partial charge on any atom is 0.310 e. The minimum Gasteiger partial charge on any atom is -0.469 e. The average molecular weight is 268 g/mol. The van der Waals surface area contributed by atoms with Crippen LogP contribution in [0.15, 0.2) is 5.38 Å². The summed E-state index contributed by atoms with van der Waals surface area (Å²) in [4.78, 5) is 29.6. The summed E-state index contributed by atoms with van der Waals surface area (Å²) < 4.78 is 4.75. The molecule has 2 rings (SSSR count). The van der Waals surface area contributed by atoms with Gasteiger partial charge in [0.15, 0.2) is 0 Å². The molecule has 0 saturated carbocycles. The van der Waals surface area contributed by atoms with E-state index >= 15 is 0 Å². The molecule has 6 heteroatoms. The van der Waals surface area contributed by atoms with E-state index in [4.69, 9.17) is 4.74 Å². The molecule has 0 bridgehead atoms. The van der Waals surface area contributed by atoms with Crippen LogP contribution in [0.5, 0.6) is 0 Å². The zero-order valence-electron chi connectivity index (χ0n) is 10.7. The van der Waals surface area contributed by atoms with Gasteiger partial charge in [-0.1, -0.05) is 6.92 Å². The Kier molecular flexibility index (Phi) is 3.65. The third-order valence-corrected chi connectivity index (χ3v) is 4.02. The Labute approximate surface area is 110 Å². The fraction of sp³-hybridized carbons (Fsp3) is 0.583. The summed E-state index contributed by atoms with van der Waals surface area (Å²) in [5.41, 5.74) is 0.468. The Balaban J connectivity index is 2.08. The Morgan fingerprint density at radius 2 is 2.22 bits per heavy atom. The van der Waals surface area contributed by atoms with Gasteiger partial charge in [0.25, 0.3) is 5.91 Å². The number of carbonyl (C=O) groups excluding carboxylic acids is 2. The lowest BCUT2D eigenvalue weighted by atomic mass is 9.99. The topological polar surface area (TPSA) is 59.5 Å². The van der Waals surface area contributed by atoms with Gasteiger partial charge >= 0.3 is 5.97 Å². The molecule has 0 aliphatic carbocycles. The quantitative estimate of drug-likeness (QED) is 0.759. The second-order valence-corrected chi connectivity index (χ2v) is 5.63. The number of hydrogen-bond donors (Lipinski definition) is 0. The van der Waals surface area contributed by atoms with Crippen LogP contribution in [-0.2, 0) is 9.53 Å². The predicted molar refractivity (Wildman–Crippen MR) is 67.4 cm³/mol. The number of hydrogen-bond acceptors (Lipinski definition) is 5. The molecule has 2 unspecified atom stereocenters. The lowest BCUT2D eigenvalue weighted by Gasteiger charge is -2.14. The molecule has 0 aromatic carbocycles. The Morgan fingerprint density at radius 3 is 2.78 bits per heavy atom. The Bertz CT molecular complexity index is 472. The van der Waals surface area contributed by atoms with E-state index in [2.05, 4.69) is 4.98 Å². The molecule has 1 aliphatic rings. The standard InChI is InChI=1S/C12H16N2O3S/c1-7-4-14(5-9(7)12(16)17-3)11(15)10-6-18-8(2)13-10/h6-7,9H,4-5H2,1-3H3. The zero-order valence-corrected chi connectivity index (χ0v) is 11.5. The number of ether oxygens (including phenoxy) is 1. The molecule has 1 amide bonds. The molecule has 0 radical (unpaired) electrons. The second kappa shape index (κ2) is 5.06. The van der Waals surface area contributed by atoms with Crippen molar-refractivity contribution in [3.63, 3.8) is 0 Å². The molecule has 2 atom stereocenters. The number of aryl methyl sites for hydroxylation is 1. The average Bonchev–Trinajstić information content (AvgIpc) is 2.94. The summed E-state index contributed by atoms with van der Waals surface area (Å²) in [5.74, 6) is -0.440. The second-order valence-electron chi connectivity index (χ2n) is 4.57. The number of thiazole rings is 1. The third kappa shape index (κ3) is 2.38. The summed E-state index contributed by atoms with van der Waals surface area (Å²) in [6, 6.07) is 0. The van der Waals surface area contributed by atoms with E-state index in [0.29, 0.717) is 18.8 Å². The maximum absolute atomic E-state index is 12.2. The van der Waals surface area contributed by atoms with Crippen molar-refractivity contribution >= 4 is 23.2 Å². The highest BCUT2D eigenvalue weighted by atomic mass is 32.1. The Hall–Kier alpha value is -1.43. The van der Waals surface area contributed by atoms with Gasteiger partial charge < -0.3 is 9.64 Å². The van der Waals surface area contributed by atoms with Crippen LogP contribution in [0.3, 0.4) is 0 Å². The van der Waals surface area contributed by atoms with E-state index < -0.39 is 0 Å². The van der Waals surface area contributed by atoms with E-state index in [-0.39, 0.29) is 23.7 Å². The highest BCUT2D eigenvalue weighted by molar-refractivity contribution is 7.09. The molecule has 0 N–H and O–H groups in total. The van der Waals surface area contributed by atoms with Crippen molar-refractivity contribution in [2.24, 2.45) is 11.8 Å². The van der Waals surface area contributed by atoms with Crippen LogP contribution in [0.1, 0.15) is 22.4 Å². The third-order valence-electron chi connectivity index (χ3n) is 3.24. The number of carbonyl (C=O) groups is 2. The summed E-state index contributed by atoms with van der Waals surface area (Å²) in [7, 11) is 1.38. The monoisotopic (exact) mass is 268 g/mol. The van der Waals surface area contributed by atoms with Crippen LogP contribution in [0.4, 0.5) is 0 Å². The first kappa shape index (κ1) is 13.0. The number of likely N-dealkylation sites (tertiary alicyclic amines) is 1. The van der Waals surface area contributed by atoms with Crippen molar-refractivity contribution in [2.75, 3.05) is 20.2 Å². The van der Waals surface area contributed by atoms with Gasteiger partial charge in [0, 0.05) is 18.5 Å². The van der Waals surface area contributed by atoms with Crippen LogP contribution in [0, 0.1) is 18.8 Å². The summed E-state index contributed by atoms with van der Waals surface area (Å²) >= 11 is 1.45. The first-order chi connectivity index (χ1) is 8.52. The van der Waals surface area contributed by atoms with E-state index in [1.807, 2.05) is 13.8 Å². The van der Waals surface area contributed by atoms with Crippen molar-refractivity contribution in [3.05, 3.63) is 16.1 Å². The van der Waals surface area contributed by atoms with Gasteiger partial charge in [-0.25, -0.2) is 4.98 Å². The first-order valence-electron chi connectivity index (χ1n) is 5.82. The van der Waals surface area contributed by atoms with Gasteiger partial charge in [0.2, 0.25) is 0 Å². The van der Waals surface area contributed by atoms with Crippen LogP contribution in [0.25, 0.3) is 0 Å². The van der Waals surface area contributed by atoms with Crippen LogP contribution in [-0.4, -0.2) is 42.0 Å². The molecule has 0 spiro atoms. The number of aromatic nitrogens is 1. The summed E-state index contributed by atoms with van der Waals surface area (Å²) in [6.07, 6.45) is 0. The lowest BCUT2D eigenvalue weighted by molar-refractivity contribution is -0.146. The van der Waals surface area contributed by atoms with E-state index in [1.165, 1.54) is 18.4 Å². The van der Waals surface area contributed by atoms with E-state index in [9.17, 15) is 9.59 Å². The molecule has 1 fully saturated rings. The van der Waals surface area contributed by atoms with Gasteiger partial charge in [-0.05, 0) is 12.8 Å². The van der Waals surface area contributed by atoms with Crippen LogP contribution < -0.4 is 0 Å². The molecule has 18 heavy (non-hydrogen) atoms. The van der Waals surface area contributed by atoms with Crippen molar-refractivity contribution in [1.29, 1.82) is 0 Å². The minimum absolute atomic E-state index is 0.0994. The maximum atomic E-state index is 12.2. The van der Waals surface area contributed by atoms with Gasteiger partial charge in [-0.2, -0.15) is 0 Å². The number of nitrogens with zero attached hydrogens (tertiary/aromatic N) is 2. The zero-order chi connectivity index (χ0) is 13.3. The number of esters is 1. The normalized spacial score (nSPS) is 23.2. The van der Waals surface area contributed by atoms with Crippen LogP contribution in [0.2, 0.25) is 0 Å². The fourth-order valence-electron chi connectivity index (χ4n) is 2.21. The van der Waals surface area contributed by atoms with E-state index in [1.54, 1.807) is 10.3 Å². The summed E-state index contributed by atoms with van der Waals surface area (Å²) in [5, 5.41) is 2.63. The van der Waals surface area contributed by atoms with Crippen molar-refractivity contribution < 1.29 is 14.3 Å². The number of rotatable bonds is 2. The number of amides is 1. The van der Waals surface area contributed by atoms with Crippen molar-refractivity contribution in [3.8, 4) is 0 Å². The highest BCUT2D eigenvalue weighted by Crippen LogP contribution is 2.25. The first-order valence-corrected chi connectivity index (χ1v) is 6.70. The smallest absolute Gasteiger partial charge is 0.310 e. The predicted octanol–water partition coefficient (Wildman–Crippen LogP) is 1.33. The molecular weight excluding hydrogens is 252 g/mol.